The first kappa shape index (κ1) is 16.7. The normalized spacial score (nSPS) is 18.6. The minimum absolute atomic E-state index is 0.629. The van der Waals surface area contributed by atoms with Crippen LogP contribution in [0.2, 0.25) is 0 Å². The second-order valence-electron chi connectivity index (χ2n) is 5.83. The Kier molecular flexibility index (Phi) is 6.45. The molecule has 2 heterocycles. The topological polar surface area (TPSA) is 45.4 Å². The fourth-order valence-electron chi connectivity index (χ4n) is 3.11. The smallest absolute Gasteiger partial charge is 0.142 e. The van der Waals surface area contributed by atoms with Crippen LogP contribution in [0.25, 0.3) is 0 Å². The van der Waals surface area contributed by atoms with E-state index in [0.717, 1.165) is 42.9 Å². The summed E-state index contributed by atoms with van der Waals surface area (Å²) < 4.78 is 1.10. The van der Waals surface area contributed by atoms with Gasteiger partial charge in [-0.25, -0.2) is 4.98 Å². The van der Waals surface area contributed by atoms with Crippen molar-refractivity contribution < 1.29 is 0 Å². The van der Waals surface area contributed by atoms with E-state index in [4.69, 9.17) is 5.73 Å². The van der Waals surface area contributed by atoms with Crippen LogP contribution in [0, 0.1) is 6.92 Å². The van der Waals surface area contributed by atoms with E-state index in [2.05, 4.69) is 50.6 Å². The quantitative estimate of drug-likeness (QED) is 0.882. The molecule has 1 aliphatic rings. The summed E-state index contributed by atoms with van der Waals surface area (Å²) in [7, 11) is 0. The summed E-state index contributed by atoms with van der Waals surface area (Å²) in [6.45, 7) is 9.49. The number of hydrogen-bond acceptors (Lipinski definition) is 4. The highest BCUT2D eigenvalue weighted by Gasteiger charge is 2.22. The number of nitrogens with zero attached hydrogens (tertiary/aromatic N) is 3. The Morgan fingerprint density at radius 3 is 2.81 bits per heavy atom. The van der Waals surface area contributed by atoms with Crippen molar-refractivity contribution >= 4 is 21.7 Å². The van der Waals surface area contributed by atoms with Crippen LogP contribution in [-0.4, -0.2) is 48.6 Å². The Balaban J connectivity index is 2.03. The summed E-state index contributed by atoms with van der Waals surface area (Å²) in [6, 6.07) is 2.78. The Labute approximate surface area is 136 Å². The Bertz CT molecular complexity index is 452. The van der Waals surface area contributed by atoms with Gasteiger partial charge in [-0.2, -0.15) is 0 Å². The van der Waals surface area contributed by atoms with Crippen LogP contribution < -0.4 is 10.6 Å². The lowest BCUT2D eigenvalue weighted by molar-refractivity contribution is 0.196. The largest absolute Gasteiger partial charge is 0.354 e. The maximum absolute atomic E-state index is 5.75. The first-order valence-corrected chi connectivity index (χ1v) is 8.76. The first-order valence-electron chi connectivity index (χ1n) is 7.97. The fourth-order valence-corrected chi connectivity index (χ4v) is 3.82. The summed E-state index contributed by atoms with van der Waals surface area (Å²) in [4.78, 5) is 9.62. The highest BCUT2D eigenvalue weighted by atomic mass is 79.9. The van der Waals surface area contributed by atoms with Crippen molar-refractivity contribution in [1.29, 1.82) is 0 Å². The van der Waals surface area contributed by atoms with Crippen molar-refractivity contribution in [3.63, 3.8) is 0 Å². The molecule has 0 spiro atoms. The standard InChI is InChI=1S/C16H27BrN4/c1-3-14(5-6-18)20-7-4-8-21(10-9-20)16-15(17)11-13(2)12-19-16/h11-12,14H,3-10,18H2,1-2H3. The number of rotatable bonds is 5. The van der Waals surface area contributed by atoms with Crippen LogP contribution in [0.1, 0.15) is 31.7 Å². The molecule has 0 aliphatic carbocycles. The van der Waals surface area contributed by atoms with Crippen molar-refractivity contribution in [1.82, 2.24) is 9.88 Å². The van der Waals surface area contributed by atoms with Gasteiger partial charge in [-0.05, 0) is 60.3 Å². The lowest BCUT2D eigenvalue weighted by Crippen LogP contribution is -2.39. The molecular formula is C16H27BrN4. The van der Waals surface area contributed by atoms with Crippen LogP contribution in [0.4, 0.5) is 5.82 Å². The molecule has 1 aromatic heterocycles. The van der Waals surface area contributed by atoms with Crippen LogP contribution in [0.15, 0.2) is 16.7 Å². The molecule has 0 saturated carbocycles. The van der Waals surface area contributed by atoms with E-state index < -0.39 is 0 Å². The Morgan fingerprint density at radius 1 is 1.33 bits per heavy atom. The summed E-state index contributed by atoms with van der Waals surface area (Å²) in [5, 5.41) is 0. The molecule has 1 unspecified atom stereocenters. The second-order valence-corrected chi connectivity index (χ2v) is 6.69. The van der Waals surface area contributed by atoms with Crippen LogP contribution in [0.3, 0.4) is 0 Å². The molecule has 21 heavy (non-hydrogen) atoms. The summed E-state index contributed by atoms with van der Waals surface area (Å²) in [5.74, 6) is 1.08. The number of hydrogen-bond donors (Lipinski definition) is 1. The van der Waals surface area contributed by atoms with Crippen molar-refractivity contribution in [2.24, 2.45) is 5.73 Å². The van der Waals surface area contributed by atoms with E-state index >= 15 is 0 Å². The monoisotopic (exact) mass is 354 g/mol. The molecule has 0 amide bonds. The molecule has 0 bridgehead atoms. The predicted octanol–water partition coefficient (Wildman–Crippen LogP) is 2.79. The van der Waals surface area contributed by atoms with E-state index in [9.17, 15) is 0 Å². The van der Waals surface area contributed by atoms with Crippen LogP contribution in [-0.2, 0) is 0 Å². The number of pyridine rings is 1. The lowest BCUT2D eigenvalue weighted by atomic mass is 10.1. The maximum Gasteiger partial charge on any atom is 0.142 e. The number of nitrogens with two attached hydrogens (primary N) is 1. The molecular weight excluding hydrogens is 328 g/mol. The minimum atomic E-state index is 0.629. The molecule has 2 rings (SSSR count). The zero-order valence-corrected chi connectivity index (χ0v) is 14.8. The Hall–Kier alpha value is -0.650. The van der Waals surface area contributed by atoms with Crippen LogP contribution in [0.5, 0.6) is 0 Å². The third-order valence-corrected chi connectivity index (χ3v) is 4.86. The van der Waals surface area contributed by atoms with E-state index in [0.29, 0.717) is 6.04 Å². The molecule has 0 radical (unpaired) electrons. The fraction of sp³-hybridized carbons (Fsp3) is 0.688. The highest BCUT2D eigenvalue weighted by Crippen LogP contribution is 2.26. The second kappa shape index (κ2) is 8.11. The summed E-state index contributed by atoms with van der Waals surface area (Å²) >= 11 is 3.66. The molecule has 1 aromatic rings. The number of halogens is 1. The van der Waals surface area contributed by atoms with Gasteiger partial charge < -0.3 is 10.6 Å². The Morgan fingerprint density at radius 2 is 2.14 bits per heavy atom. The van der Waals surface area contributed by atoms with Gasteiger partial charge in [-0.1, -0.05) is 6.92 Å². The molecule has 1 saturated heterocycles. The van der Waals surface area contributed by atoms with Crippen molar-refractivity contribution in [2.75, 3.05) is 37.6 Å². The molecule has 0 aromatic carbocycles. The lowest BCUT2D eigenvalue weighted by Gasteiger charge is -2.30. The van der Waals surface area contributed by atoms with E-state index in [1.165, 1.54) is 24.9 Å². The number of aromatic nitrogens is 1. The van der Waals surface area contributed by atoms with Crippen molar-refractivity contribution in [2.45, 2.75) is 39.2 Å². The van der Waals surface area contributed by atoms with Crippen LogP contribution >= 0.6 is 15.9 Å². The van der Waals surface area contributed by atoms with E-state index in [1.807, 2.05) is 6.20 Å². The molecule has 1 aliphatic heterocycles. The first-order chi connectivity index (χ1) is 10.2. The third kappa shape index (κ3) is 4.41. The molecule has 1 fully saturated rings. The zero-order chi connectivity index (χ0) is 15.2. The maximum atomic E-state index is 5.75. The SMILES string of the molecule is CCC(CCN)N1CCCN(c2ncc(C)cc2Br)CC1. The molecule has 2 N–H and O–H groups in total. The molecule has 118 valence electrons. The highest BCUT2D eigenvalue weighted by molar-refractivity contribution is 9.10. The average Bonchev–Trinajstić information content (AvgIpc) is 2.70. The van der Waals surface area contributed by atoms with Gasteiger partial charge in [-0.3, -0.25) is 4.90 Å². The summed E-state index contributed by atoms with van der Waals surface area (Å²) in [5.41, 5.74) is 6.94. The minimum Gasteiger partial charge on any atom is -0.354 e. The summed E-state index contributed by atoms with van der Waals surface area (Å²) in [6.07, 6.45) is 5.42. The van der Waals surface area contributed by atoms with E-state index in [1.54, 1.807) is 0 Å². The van der Waals surface area contributed by atoms with Crippen molar-refractivity contribution in [3.8, 4) is 0 Å². The predicted molar refractivity (Wildman–Crippen MR) is 92.8 cm³/mol. The molecule has 5 heteroatoms. The third-order valence-electron chi connectivity index (χ3n) is 4.28. The van der Waals surface area contributed by atoms with Crippen molar-refractivity contribution in [3.05, 3.63) is 22.3 Å². The number of anilines is 1. The van der Waals surface area contributed by atoms with Gasteiger partial charge in [0.2, 0.25) is 0 Å². The van der Waals surface area contributed by atoms with E-state index in [-0.39, 0.29) is 0 Å². The average molecular weight is 355 g/mol. The number of aryl methyl sites for hydroxylation is 1. The van der Waals surface area contributed by atoms with Gasteiger partial charge in [0.1, 0.15) is 5.82 Å². The van der Waals surface area contributed by atoms with Gasteiger partial charge in [-0.15, -0.1) is 0 Å². The zero-order valence-electron chi connectivity index (χ0n) is 13.2. The van der Waals surface area contributed by atoms with Gasteiger partial charge in [0, 0.05) is 38.4 Å². The van der Waals surface area contributed by atoms with Gasteiger partial charge in [0.05, 0.1) is 4.47 Å². The van der Waals surface area contributed by atoms with Gasteiger partial charge >= 0.3 is 0 Å². The molecule has 4 nitrogen and oxygen atoms in total. The molecule has 1 atom stereocenters. The van der Waals surface area contributed by atoms with Gasteiger partial charge in [0.15, 0.2) is 0 Å². The van der Waals surface area contributed by atoms with Gasteiger partial charge in [0.25, 0.3) is 0 Å².